The third-order valence-electron chi connectivity index (χ3n) is 4.55. The van der Waals surface area contributed by atoms with Gasteiger partial charge in [0.15, 0.2) is 0 Å². The van der Waals surface area contributed by atoms with E-state index in [1.807, 2.05) is 19.1 Å². The first-order valence-electron chi connectivity index (χ1n) is 8.80. The first-order chi connectivity index (χ1) is 11.6. The Morgan fingerprint density at radius 3 is 2.54 bits per heavy atom. The molecule has 0 spiro atoms. The van der Waals surface area contributed by atoms with Gasteiger partial charge in [0, 0.05) is 25.0 Å². The second kappa shape index (κ2) is 9.25. The van der Waals surface area contributed by atoms with Crippen LogP contribution in [0.4, 0.5) is 4.79 Å². The zero-order chi connectivity index (χ0) is 17.4. The molecule has 2 rings (SSSR count). The van der Waals surface area contributed by atoms with E-state index < -0.39 is 12.0 Å². The Hall–Kier alpha value is -2.11. The smallest absolute Gasteiger partial charge is 0.326 e. The number of hydrogen-bond donors (Lipinski definition) is 2. The van der Waals surface area contributed by atoms with Crippen molar-refractivity contribution in [3.8, 4) is 0 Å². The van der Waals surface area contributed by atoms with Gasteiger partial charge in [-0.1, -0.05) is 32.6 Å². The third kappa shape index (κ3) is 5.22. The summed E-state index contributed by atoms with van der Waals surface area (Å²) >= 11 is 0. The Morgan fingerprint density at radius 2 is 1.96 bits per heavy atom. The molecular formula is C18H27N3O3. The number of carboxylic acid groups (broad SMARTS) is 1. The fourth-order valence-electron chi connectivity index (χ4n) is 3.22. The first kappa shape index (κ1) is 18.2. The van der Waals surface area contributed by atoms with Gasteiger partial charge in [-0.05, 0) is 37.0 Å². The highest BCUT2D eigenvalue weighted by Gasteiger charge is 2.28. The predicted molar refractivity (Wildman–Crippen MR) is 91.5 cm³/mol. The Morgan fingerprint density at radius 1 is 1.29 bits per heavy atom. The molecule has 1 heterocycles. The van der Waals surface area contributed by atoms with Gasteiger partial charge in [-0.25, -0.2) is 9.59 Å². The summed E-state index contributed by atoms with van der Waals surface area (Å²) in [6.45, 7) is 2.40. The van der Waals surface area contributed by atoms with Crippen molar-refractivity contribution in [1.82, 2.24) is 15.2 Å². The highest BCUT2D eigenvalue weighted by molar-refractivity contribution is 5.82. The average molecular weight is 333 g/mol. The molecule has 0 radical (unpaired) electrons. The number of carbonyl (C=O) groups excluding carboxylic acids is 1. The molecule has 1 fully saturated rings. The molecule has 0 aromatic carbocycles. The minimum absolute atomic E-state index is 0.169. The van der Waals surface area contributed by atoms with Crippen molar-refractivity contribution < 1.29 is 14.7 Å². The van der Waals surface area contributed by atoms with E-state index in [1.54, 1.807) is 17.3 Å². The number of nitrogens with zero attached hydrogens (tertiary/aromatic N) is 2. The summed E-state index contributed by atoms with van der Waals surface area (Å²) in [6, 6.07) is 2.85. The minimum atomic E-state index is -0.974. The Kier molecular flexibility index (Phi) is 7.03. The number of aliphatic carboxylic acids is 1. The highest BCUT2D eigenvalue weighted by Crippen LogP contribution is 2.24. The lowest BCUT2D eigenvalue weighted by atomic mass is 9.94. The van der Waals surface area contributed by atoms with Crippen molar-refractivity contribution in [2.75, 3.05) is 0 Å². The van der Waals surface area contributed by atoms with Crippen LogP contribution < -0.4 is 5.32 Å². The van der Waals surface area contributed by atoms with Crippen LogP contribution in [0.2, 0.25) is 0 Å². The molecule has 1 aromatic heterocycles. The van der Waals surface area contributed by atoms with E-state index in [0.29, 0.717) is 19.4 Å². The van der Waals surface area contributed by atoms with E-state index in [2.05, 4.69) is 10.3 Å². The number of amides is 2. The van der Waals surface area contributed by atoms with Crippen molar-refractivity contribution in [3.63, 3.8) is 0 Å². The van der Waals surface area contributed by atoms with Crippen LogP contribution >= 0.6 is 0 Å². The van der Waals surface area contributed by atoms with E-state index in [-0.39, 0.29) is 12.1 Å². The highest BCUT2D eigenvalue weighted by atomic mass is 16.4. The fraction of sp³-hybridized carbons (Fsp3) is 0.611. The molecule has 1 unspecified atom stereocenters. The van der Waals surface area contributed by atoms with Crippen LogP contribution in [0.15, 0.2) is 24.5 Å². The molecule has 0 saturated heterocycles. The number of pyridine rings is 1. The van der Waals surface area contributed by atoms with Crippen molar-refractivity contribution in [2.45, 2.75) is 70.5 Å². The van der Waals surface area contributed by atoms with Gasteiger partial charge in [0.05, 0.1) is 0 Å². The van der Waals surface area contributed by atoms with Crippen molar-refractivity contribution in [1.29, 1.82) is 0 Å². The van der Waals surface area contributed by atoms with Crippen LogP contribution in [0, 0.1) is 0 Å². The van der Waals surface area contributed by atoms with Gasteiger partial charge < -0.3 is 15.3 Å². The summed E-state index contributed by atoms with van der Waals surface area (Å²) in [4.78, 5) is 29.9. The number of hydrogen-bond acceptors (Lipinski definition) is 3. The summed E-state index contributed by atoms with van der Waals surface area (Å²) < 4.78 is 0. The van der Waals surface area contributed by atoms with Crippen LogP contribution in [-0.4, -0.2) is 39.1 Å². The summed E-state index contributed by atoms with van der Waals surface area (Å²) in [6.07, 6.45) is 9.96. The molecule has 6 nitrogen and oxygen atoms in total. The van der Waals surface area contributed by atoms with Crippen molar-refractivity contribution >= 4 is 12.0 Å². The minimum Gasteiger partial charge on any atom is -0.480 e. The molecule has 6 heteroatoms. The standard InChI is InChI=1S/C18H27N3O3/c1-2-6-16(17(22)23)20-18(24)21(15-7-4-3-5-8-15)13-14-9-11-19-12-10-14/h9-12,15-16H,2-8,13H2,1H3,(H,20,24)(H,22,23). The van der Waals surface area contributed by atoms with Gasteiger partial charge in [-0.3, -0.25) is 4.98 Å². The lowest BCUT2D eigenvalue weighted by Crippen LogP contribution is -2.51. The molecule has 1 saturated carbocycles. The molecule has 2 N–H and O–H groups in total. The molecule has 0 bridgehead atoms. The van der Waals surface area contributed by atoms with Gasteiger partial charge in [0.2, 0.25) is 0 Å². The molecule has 1 aromatic rings. The number of carboxylic acids is 1. The zero-order valence-electron chi connectivity index (χ0n) is 14.3. The molecule has 1 atom stereocenters. The number of nitrogens with one attached hydrogen (secondary N) is 1. The Bertz CT molecular complexity index is 530. The van der Waals surface area contributed by atoms with E-state index in [4.69, 9.17) is 0 Å². The quantitative estimate of drug-likeness (QED) is 0.803. The maximum atomic E-state index is 12.8. The van der Waals surface area contributed by atoms with Crippen LogP contribution in [0.5, 0.6) is 0 Å². The second-order valence-electron chi connectivity index (χ2n) is 6.40. The van der Waals surface area contributed by atoms with Crippen LogP contribution in [0.3, 0.4) is 0 Å². The maximum absolute atomic E-state index is 12.8. The van der Waals surface area contributed by atoms with E-state index >= 15 is 0 Å². The van der Waals surface area contributed by atoms with Gasteiger partial charge in [0.1, 0.15) is 6.04 Å². The van der Waals surface area contributed by atoms with Gasteiger partial charge in [-0.2, -0.15) is 0 Å². The molecule has 1 aliphatic rings. The summed E-state index contributed by atoms with van der Waals surface area (Å²) in [7, 11) is 0. The van der Waals surface area contributed by atoms with E-state index in [1.165, 1.54) is 6.42 Å². The van der Waals surface area contributed by atoms with Gasteiger partial charge in [0.25, 0.3) is 0 Å². The first-order valence-corrected chi connectivity index (χ1v) is 8.80. The van der Waals surface area contributed by atoms with E-state index in [9.17, 15) is 14.7 Å². The molecule has 0 aliphatic heterocycles. The van der Waals surface area contributed by atoms with E-state index in [0.717, 1.165) is 31.2 Å². The molecular weight excluding hydrogens is 306 g/mol. The SMILES string of the molecule is CCCC(NC(=O)N(Cc1ccncc1)C1CCCCC1)C(=O)O. The third-order valence-corrected chi connectivity index (χ3v) is 4.55. The molecule has 132 valence electrons. The van der Waals surface area contributed by atoms with Gasteiger partial charge in [-0.15, -0.1) is 0 Å². The molecule has 24 heavy (non-hydrogen) atoms. The largest absolute Gasteiger partial charge is 0.480 e. The topological polar surface area (TPSA) is 82.5 Å². The summed E-state index contributed by atoms with van der Waals surface area (Å²) in [5, 5.41) is 12.0. The monoisotopic (exact) mass is 333 g/mol. The van der Waals surface area contributed by atoms with Crippen LogP contribution in [0.25, 0.3) is 0 Å². The average Bonchev–Trinajstić information content (AvgIpc) is 2.60. The zero-order valence-corrected chi connectivity index (χ0v) is 14.3. The maximum Gasteiger partial charge on any atom is 0.326 e. The lowest BCUT2D eigenvalue weighted by Gasteiger charge is -2.35. The number of rotatable bonds is 7. The normalized spacial score (nSPS) is 16.4. The Labute approximate surface area is 143 Å². The fourth-order valence-corrected chi connectivity index (χ4v) is 3.22. The molecule has 2 amide bonds. The number of carbonyl (C=O) groups is 2. The van der Waals surface area contributed by atoms with Crippen molar-refractivity contribution in [3.05, 3.63) is 30.1 Å². The number of aromatic nitrogens is 1. The second-order valence-corrected chi connectivity index (χ2v) is 6.40. The van der Waals surface area contributed by atoms with Crippen LogP contribution in [0.1, 0.15) is 57.4 Å². The lowest BCUT2D eigenvalue weighted by molar-refractivity contribution is -0.139. The van der Waals surface area contributed by atoms with Crippen molar-refractivity contribution in [2.24, 2.45) is 0 Å². The number of urea groups is 1. The Balaban J connectivity index is 2.11. The summed E-state index contributed by atoms with van der Waals surface area (Å²) in [5.74, 6) is -0.974. The predicted octanol–water partition coefficient (Wildman–Crippen LogP) is 3.18. The molecule has 1 aliphatic carbocycles. The van der Waals surface area contributed by atoms with Gasteiger partial charge >= 0.3 is 12.0 Å². The van der Waals surface area contributed by atoms with Crippen LogP contribution in [-0.2, 0) is 11.3 Å². The summed E-state index contributed by atoms with van der Waals surface area (Å²) in [5.41, 5.74) is 1.01.